The number of carboxylic acid groups (broad SMARTS) is 1. The number of amides is 1. The first-order chi connectivity index (χ1) is 15.1. The number of hydrogen-bond donors (Lipinski definition) is 2. The highest BCUT2D eigenvalue weighted by atomic mass is 16.5. The highest BCUT2D eigenvalue weighted by molar-refractivity contribution is 6.07. The molecule has 0 spiro atoms. The molecule has 1 aromatic heterocycles. The topological polar surface area (TPSA) is 88.5 Å². The van der Waals surface area contributed by atoms with Crippen LogP contribution in [0.4, 0.5) is 5.69 Å². The Bertz CT molecular complexity index is 1160. The number of pyridine rings is 1. The predicted octanol–water partition coefficient (Wildman–Crippen LogP) is 5.00. The summed E-state index contributed by atoms with van der Waals surface area (Å²) >= 11 is 0. The molecule has 31 heavy (non-hydrogen) atoms. The Morgan fingerprint density at radius 2 is 1.97 bits per heavy atom. The minimum atomic E-state index is -1.02. The van der Waals surface area contributed by atoms with Crippen molar-refractivity contribution >= 4 is 28.5 Å². The fourth-order valence-electron chi connectivity index (χ4n) is 5.07. The van der Waals surface area contributed by atoms with Crippen LogP contribution in [0.15, 0.2) is 54.7 Å². The van der Waals surface area contributed by atoms with Gasteiger partial charge in [0.15, 0.2) is 0 Å². The summed E-state index contributed by atoms with van der Waals surface area (Å²) < 4.78 is 6.11. The summed E-state index contributed by atoms with van der Waals surface area (Å²) in [4.78, 5) is 28.3. The number of ether oxygens (including phenoxy) is 1. The van der Waals surface area contributed by atoms with Crippen molar-refractivity contribution in [2.24, 2.45) is 17.8 Å². The number of aromatic carboxylic acids is 1. The van der Waals surface area contributed by atoms with Gasteiger partial charge in [-0.25, -0.2) is 4.79 Å². The summed E-state index contributed by atoms with van der Waals surface area (Å²) in [5, 5.41) is 12.7. The Hall–Kier alpha value is -3.41. The van der Waals surface area contributed by atoms with Crippen molar-refractivity contribution < 1.29 is 19.4 Å². The van der Waals surface area contributed by atoms with E-state index in [4.69, 9.17) is 9.84 Å². The molecule has 0 radical (unpaired) electrons. The maximum Gasteiger partial charge on any atom is 0.337 e. The molecule has 0 saturated heterocycles. The molecule has 2 fully saturated rings. The third-order valence-electron chi connectivity index (χ3n) is 6.66. The van der Waals surface area contributed by atoms with E-state index in [0.29, 0.717) is 40.4 Å². The lowest BCUT2D eigenvalue weighted by molar-refractivity contribution is 0.0696. The molecule has 6 nitrogen and oxygen atoms in total. The molecule has 3 aromatic rings. The van der Waals surface area contributed by atoms with Crippen molar-refractivity contribution in [2.75, 3.05) is 11.9 Å². The van der Waals surface area contributed by atoms with Gasteiger partial charge < -0.3 is 15.2 Å². The number of benzene rings is 2. The predicted molar refractivity (Wildman–Crippen MR) is 118 cm³/mol. The largest absolute Gasteiger partial charge is 0.492 e. The van der Waals surface area contributed by atoms with Crippen LogP contribution in [-0.4, -0.2) is 28.6 Å². The first-order valence-electron chi connectivity index (χ1n) is 10.7. The van der Waals surface area contributed by atoms with Crippen LogP contribution in [0.3, 0.4) is 0 Å². The normalized spacial score (nSPS) is 21.9. The van der Waals surface area contributed by atoms with Gasteiger partial charge >= 0.3 is 5.97 Å². The van der Waals surface area contributed by atoms with Gasteiger partial charge in [0.05, 0.1) is 23.3 Å². The van der Waals surface area contributed by atoms with Crippen LogP contribution < -0.4 is 10.1 Å². The van der Waals surface area contributed by atoms with E-state index in [9.17, 15) is 9.59 Å². The first kappa shape index (κ1) is 19.5. The lowest BCUT2D eigenvalue weighted by atomic mass is 9.89. The van der Waals surface area contributed by atoms with E-state index in [1.807, 2.05) is 18.2 Å². The van der Waals surface area contributed by atoms with Crippen molar-refractivity contribution in [1.29, 1.82) is 0 Å². The Kier molecular flexibility index (Phi) is 5.06. The number of aromatic nitrogens is 1. The van der Waals surface area contributed by atoms with Crippen LogP contribution in [0.2, 0.25) is 0 Å². The third kappa shape index (κ3) is 3.98. The van der Waals surface area contributed by atoms with Crippen LogP contribution in [-0.2, 0) is 0 Å². The van der Waals surface area contributed by atoms with Crippen LogP contribution in [0.1, 0.15) is 46.4 Å². The maximum atomic E-state index is 12.9. The van der Waals surface area contributed by atoms with Gasteiger partial charge in [-0.15, -0.1) is 0 Å². The van der Waals surface area contributed by atoms with E-state index >= 15 is 0 Å². The van der Waals surface area contributed by atoms with Crippen molar-refractivity contribution in [2.45, 2.75) is 25.7 Å². The zero-order valence-electron chi connectivity index (χ0n) is 17.1. The Balaban J connectivity index is 1.30. The van der Waals surface area contributed by atoms with Crippen LogP contribution in [0.25, 0.3) is 10.9 Å². The number of fused-ring (bicyclic) bond motifs is 3. The standard InChI is InChI=1S/C25H24N2O4/c28-24(27-20-8-7-17-11-18(25(29)30)13-26-22(17)12-20)21-3-1-2-4-23(21)31-14-19-10-15-5-6-16(19)9-15/h1-4,7-8,11-13,15-16,19H,5-6,9-10,14H2,(H,27,28)(H,29,30). The number of carbonyl (C=O) groups excluding carboxylic acids is 1. The molecule has 2 N–H and O–H groups in total. The van der Waals surface area contributed by atoms with Crippen LogP contribution in [0.5, 0.6) is 5.75 Å². The van der Waals surface area contributed by atoms with Gasteiger partial charge in [0.25, 0.3) is 5.91 Å². The van der Waals surface area contributed by atoms with Gasteiger partial charge in [-0.3, -0.25) is 9.78 Å². The van der Waals surface area contributed by atoms with Gasteiger partial charge in [0.1, 0.15) is 5.75 Å². The molecule has 2 aromatic carbocycles. The van der Waals surface area contributed by atoms with Gasteiger partial charge in [0.2, 0.25) is 0 Å². The van der Waals surface area contributed by atoms with Gasteiger partial charge in [0, 0.05) is 17.3 Å². The molecular weight excluding hydrogens is 392 g/mol. The quantitative estimate of drug-likeness (QED) is 0.590. The van der Waals surface area contributed by atoms with Crippen molar-refractivity contribution in [3.05, 3.63) is 65.9 Å². The monoisotopic (exact) mass is 416 g/mol. The number of anilines is 1. The number of para-hydroxylation sites is 1. The number of nitrogens with zero attached hydrogens (tertiary/aromatic N) is 1. The second kappa shape index (κ2) is 8.02. The second-order valence-electron chi connectivity index (χ2n) is 8.63. The number of hydrogen-bond acceptors (Lipinski definition) is 4. The molecule has 3 unspecified atom stereocenters. The molecule has 2 aliphatic carbocycles. The summed E-state index contributed by atoms with van der Waals surface area (Å²) in [7, 11) is 0. The number of rotatable bonds is 6. The molecule has 1 amide bonds. The Morgan fingerprint density at radius 1 is 1.10 bits per heavy atom. The van der Waals surface area contributed by atoms with E-state index in [0.717, 1.165) is 11.8 Å². The minimum absolute atomic E-state index is 0.130. The van der Waals surface area contributed by atoms with E-state index in [1.165, 1.54) is 31.9 Å². The highest BCUT2D eigenvalue weighted by Gasteiger charge is 2.39. The zero-order valence-corrected chi connectivity index (χ0v) is 17.1. The van der Waals surface area contributed by atoms with E-state index in [-0.39, 0.29) is 11.5 Å². The molecule has 5 rings (SSSR count). The number of carbonyl (C=O) groups is 2. The fourth-order valence-corrected chi connectivity index (χ4v) is 5.07. The zero-order chi connectivity index (χ0) is 21.4. The molecular formula is C25H24N2O4. The lowest BCUT2D eigenvalue weighted by Gasteiger charge is -2.22. The SMILES string of the molecule is O=C(O)c1cnc2cc(NC(=O)c3ccccc3OCC3CC4CCC3C4)ccc2c1. The average molecular weight is 416 g/mol. The maximum absolute atomic E-state index is 12.9. The highest BCUT2D eigenvalue weighted by Crippen LogP contribution is 2.48. The summed E-state index contributed by atoms with van der Waals surface area (Å²) in [6.45, 7) is 0.664. The van der Waals surface area contributed by atoms with Crippen LogP contribution >= 0.6 is 0 Å². The molecule has 3 atom stereocenters. The Labute approximate surface area is 180 Å². The second-order valence-corrected chi connectivity index (χ2v) is 8.63. The fraction of sp³-hybridized carbons (Fsp3) is 0.320. The molecule has 2 saturated carbocycles. The van der Waals surface area contributed by atoms with Gasteiger partial charge in [-0.1, -0.05) is 24.6 Å². The summed E-state index contributed by atoms with van der Waals surface area (Å²) in [5.41, 5.74) is 1.84. The van der Waals surface area contributed by atoms with Crippen molar-refractivity contribution in [3.8, 4) is 5.75 Å². The number of carboxylic acids is 1. The molecule has 6 heteroatoms. The third-order valence-corrected chi connectivity index (χ3v) is 6.66. The molecule has 158 valence electrons. The van der Waals surface area contributed by atoms with Crippen molar-refractivity contribution in [1.82, 2.24) is 4.98 Å². The van der Waals surface area contributed by atoms with E-state index in [2.05, 4.69) is 10.3 Å². The molecule has 1 heterocycles. The Morgan fingerprint density at radius 3 is 2.74 bits per heavy atom. The minimum Gasteiger partial charge on any atom is -0.492 e. The number of nitrogens with one attached hydrogen (secondary N) is 1. The van der Waals surface area contributed by atoms with Gasteiger partial charge in [-0.05, 0) is 67.3 Å². The summed E-state index contributed by atoms with van der Waals surface area (Å²) in [6.07, 6.45) is 6.56. The van der Waals surface area contributed by atoms with Crippen LogP contribution in [0, 0.1) is 17.8 Å². The molecule has 0 aliphatic heterocycles. The first-order valence-corrected chi connectivity index (χ1v) is 10.7. The molecule has 2 aliphatic rings. The summed E-state index contributed by atoms with van der Waals surface area (Å²) in [5.74, 6) is 1.58. The van der Waals surface area contributed by atoms with Gasteiger partial charge in [-0.2, -0.15) is 0 Å². The molecule has 2 bridgehead atoms. The van der Waals surface area contributed by atoms with E-state index < -0.39 is 5.97 Å². The smallest absolute Gasteiger partial charge is 0.337 e. The van der Waals surface area contributed by atoms with Crippen molar-refractivity contribution in [3.63, 3.8) is 0 Å². The summed E-state index contributed by atoms with van der Waals surface area (Å²) in [6, 6.07) is 14.1. The van der Waals surface area contributed by atoms with E-state index in [1.54, 1.807) is 30.3 Å². The average Bonchev–Trinajstić information content (AvgIpc) is 3.41. The lowest BCUT2D eigenvalue weighted by Crippen LogP contribution is -2.20.